The van der Waals surface area contributed by atoms with Crippen LogP contribution in [0.25, 0.3) is 5.82 Å². The maximum absolute atomic E-state index is 13.2. The summed E-state index contributed by atoms with van der Waals surface area (Å²) in [5.41, 5.74) is 2.66. The predicted octanol–water partition coefficient (Wildman–Crippen LogP) is 3.01. The van der Waals surface area contributed by atoms with E-state index >= 15 is 0 Å². The van der Waals surface area contributed by atoms with E-state index in [1.165, 1.54) is 10.9 Å². The summed E-state index contributed by atoms with van der Waals surface area (Å²) in [6.45, 7) is 7.07. The van der Waals surface area contributed by atoms with Gasteiger partial charge in [-0.2, -0.15) is 15.2 Å². The van der Waals surface area contributed by atoms with Crippen molar-refractivity contribution in [2.45, 2.75) is 45.3 Å². The van der Waals surface area contributed by atoms with E-state index in [9.17, 15) is 9.18 Å². The van der Waals surface area contributed by atoms with Crippen molar-refractivity contribution in [3.05, 3.63) is 65.6 Å². The van der Waals surface area contributed by atoms with E-state index in [1.54, 1.807) is 12.3 Å². The number of aryl methyl sites for hydroxylation is 2. The molecule has 2 saturated heterocycles. The highest BCUT2D eigenvalue weighted by molar-refractivity contribution is 5.76. The molecular formula is C25H28FN11O. The van der Waals surface area contributed by atoms with Crippen molar-refractivity contribution in [3.8, 4) is 5.82 Å². The van der Waals surface area contributed by atoms with E-state index in [1.807, 2.05) is 43.9 Å². The van der Waals surface area contributed by atoms with Gasteiger partial charge in [-0.25, -0.2) is 23.8 Å². The SMILES string of the molecule is Cc1cc(Nc2cc(C)[nH]n2)nc(N2C[C@H]3C[C@@H]2CN3C(=O)N[C@@H](C)c2ccc(-n3cc(F)cn3)nc2)n1. The summed E-state index contributed by atoms with van der Waals surface area (Å²) < 4.78 is 14.6. The van der Waals surface area contributed by atoms with Crippen molar-refractivity contribution >= 4 is 23.6 Å². The standard InChI is InChI=1S/C25H28FN11O/c1-14-6-21(31-22-7-15(2)33-34-22)32-24(29-14)35-12-20-8-19(35)13-36(20)25(38)30-16(3)17-4-5-23(27-9-17)37-11-18(26)10-28-37/h4-7,9-11,16,19-20H,8,12-13H2,1-3H3,(H,30,38)(H2,29,31,32,33,34)/t16-,19+,20+/m0/s1. The minimum absolute atomic E-state index is 0.0805. The molecule has 12 nitrogen and oxygen atoms in total. The molecule has 2 bridgehead atoms. The molecule has 6 heterocycles. The van der Waals surface area contributed by atoms with Crippen LogP contribution in [0.3, 0.4) is 0 Å². The van der Waals surface area contributed by atoms with Crippen LogP contribution in [-0.4, -0.2) is 71.0 Å². The van der Waals surface area contributed by atoms with Gasteiger partial charge in [-0.3, -0.25) is 5.10 Å². The smallest absolute Gasteiger partial charge is 0.318 e. The third-order valence-corrected chi connectivity index (χ3v) is 6.96. The van der Waals surface area contributed by atoms with E-state index in [4.69, 9.17) is 4.98 Å². The highest BCUT2D eigenvalue weighted by atomic mass is 19.1. The van der Waals surface area contributed by atoms with Crippen LogP contribution < -0.4 is 15.5 Å². The molecule has 0 saturated carbocycles. The number of rotatable bonds is 6. The van der Waals surface area contributed by atoms with E-state index in [0.717, 1.165) is 29.6 Å². The minimum Gasteiger partial charge on any atom is -0.334 e. The number of aromatic amines is 1. The molecule has 0 spiro atoms. The van der Waals surface area contributed by atoms with Gasteiger partial charge in [-0.05, 0) is 38.8 Å². The average Bonchev–Trinajstić information content (AvgIpc) is 3.69. The first-order valence-electron chi connectivity index (χ1n) is 12.5. The summed E-state index contributed by atoms with van der Waals surface area (Å²) in [7, 11) is 0. The number of hydrogen-bond donors (Lipinski definition) is 3. The van der Waals surface area contributed by atoms with Crippen molar-refractivity contribution < 1.29 is 9.18 Å². The lowest BCUT2D eigenvalue weighted by molar-refractivity contribution is 0.185. The molecule has 2 amide bonds. The van der Waals surface area contributed by atoms with Crippen LogP contribution in [0.15, 0.2) is 42.9 Å². The van der Waals surface area contributed by atoms with E-state index in [2.05, 4.69) is 40.8 Å². The second-order valence-electron chi connectivity index (χ2n) is 9.83. The molecule has 4 aromatic rings. The second-order valence-corrected chi connectivity index (χ2v) is 9.83. The van der Waals surface area contributed by atoms with Crippen molar-refractivity contribution in [3.63, 3.8) is 0 Å². The number of H-pyrrole nitrogens is 1. The molecule has 3 atom stereocenters. The monoisotopic (exact) mass is 517 g/mol. The van der Waals surface area contributed by atoms with Crippen LogP contribution in [-0.2, 0) is 0 Å². The van der Waals surface area contributed by atoms with Crippen molar-refractivity contribution in [1.29, 1.82) is 0 Å². The number of halogens is 1. The normalized spacial score (nSPS) is 19.2. The minimum atomic E-state index is -0.426. The molecule has 0 aromatic carbocycles. The Kier molecular flexibility index (Phi) is 5.89. The molecule has 0 unspecified atom stereocenters. The van der Waals surface area contributed by atoms with Crippen molar-refractivity contribution in [2.75, 3.05) is 23.3 Å². The van der Waals surface area contributed by atoms with Crippen LogP contribution in [0.2, 0.25) is 0 Å². The number of aromatic nitrogens is 7. The van der Waals surface area contributed by atoms with Gasteiger partial charge in [0.2, 0.25) is 5.95 Å². The first-order valence-corrected chi connectivity index (χ1v) is 12.5. The van der Waals surface area contributed by atoms with Crippen molar-refractivity contribution in [1.82, 2.24) is 45.1 Å². The maximum Gasteiger partial charge on any atom is 0.318 e. The third kappa shape index (κ3) is 4.62. The lowest BCUT2D eigenvalue weighted by Gasteiger charge is -2.35. The zero-order valence-electron chi connectivity index (χ0n) is 21.3. The van der Waals surface area contributed by atoms with Crippen molar-refractivity contribution in [2.24, 2.45) is 0 Å². The number of anilines is 3. The van der Waals surface area contributed by atoms with Crippen LogP contribution in [0.1, 0.15) is 36.3 Å². The topological polar surface area (TPSA) is 133 Å². The number of carbonyl (C=O) groups excluding carboxylic acids is 1. The van der Waals surface area contributed by atoms with E-state index in [0.29, 0.717) is 36.5 Å². The van der Waals surface area contributed by atoms with Crippen LogP contribution in [0, 0.1) is 19.7 Å². The lowest BCUT2D eigenvalue weighted by atomic mass is 10.1. The molecule has 3 N–H and O–H groups in total. The number of amides is 2. The molecule has 6 rings (SSSR count). The average molecular weight is 518 g/mol. The number of fused-ring (bicyclic) bond motifs is 2. The molecule has 2 fully saturated rings. The van der Waals surface area contributed by atoms with Gasteiger partial charge >= 0.3 is 6.03 Å². The summed E-state index contributed by atoms with van der Waals surface area (Å²) in [5.74, 6) is 2.12. The molecule has 196 valence electrons. The first kappa shape index (κ1) is 23.8. The zero-order chi connectivity index (χ0) is 26.4. The number of hydrogen-bond acceptors (Lipinski definition) is 8. The third-order valence-electron chi connectivity index (χ3n) is 6.96. The Labute approximate surface area is 218 Å². The second kappa shape index (κ2) is 9.39. The largest absolute Gasteiger partial charge is 0.334 e. The van der Waals surface area contributed by atoms with E-state index < -0.39 is 5.82 Å². The number of pyridine rings is 1. The molecule has 2 aliphatic rings. The lowest BCUT2D eigenvalue weighted by Crippen LogP contribution is -2.52. The van der Waals surface area contributed by atoms with Gasteiger partial charge < -0.3 is 20.4 Å². The first-order chi connectivity index (χ1) is 18.3. The highest BCUT2D eigenvalue weighted by Gasteiger charge is 2.46. The Hall–Kier alpha value is -4.55. The van der Waals surface area contributed by atoms with Gasteiger partial charge in [0.05, 0.1) is 30.5 Å². The van der Waals surface area contributed by atoms with Gasteiger partial charge in [0, 0.05) is 42.8 Å². The van der Waals surface area contributed by atoms with Gasteiger partial charge in [0.25, 0.3) is 0 Å². The number of likely N-dealkylation sites (tertiary alicyclic amines) is 1. The Morgan fingerprint density at radius 2 is 2.00 bits per heavy atom. The summed E-state index contributed by atoms with van der Waals surface area (Å²) in [4.78, 5) is 31.0. The summed E-state index contributed by atoms with van der Waals surface area (Å²) in [6, 6.07) is 7.29. The number of piperazine rings is 1. The number of nitrogens with zero attached hydrogens (tertiary/aromatic N) is 8. The number of carbonyl (C=O) groups is 1. The number of nitrogens with one attached hydrogen (secondary N) is 3. The Bertz CT molecular complexity index is 1470. The number of urea groups is 1. The Morgan fingerprint density at radius 1 is 1.13 bits per heavy atom. The fraction of sp³-hybridized carbons (Fsp3) is 0.360. The van der Waals surface area contributed by atoms with Crippen LogP contribution >= 0.6 is 0 Å². The molecule has 4 aromatic heterocycles. The van der Waals surface area contributed by atoms with Gasteiger partial charge in [-0.1, -0.05) is 6.07 Å². The predicted molar refractivity (Wildman–Crippen MR) is 138 cm³/mol. The molecule has 0 radical (unpaired) electrons. The highest BCUT2D eigenvalue weighted by Crippen LogP contribution is 2.34. The zero-order valence-corrected chi connectivity index (χ0v) is 21.3. The fourth-order valence-corrected chi connectivity index (χ4v) is 5.09. The molecule has 13 heteroatoms. The van der Waals surface area contributed by atoms with E-state index in [-0.39, 0.29) is 24.2 Å². The summed E-state index contributed by atoms with van der Waals surface area (Å²) >= 11 is 0. The Morgan fingerprint density at radius 3 is 2.66 bits per heavy atom. The summed E-state index contributed by atoms with van der Waals surface area (Å²) in [5, 5.41) is 17.4. The molecule has 0 aliphatic carbocycles. The van der Waals surface area contributed by atoms with Gasteiger partial charge in [0.15, 0.2) is 17.5 Å². The van der Waals surface area contributed by atoms with Crippen LogP contribution in [0.5, 0.6) is 0 Å². The molecule has 2 aliphatic heterocycles. The summed E-state index contributed by atoms with van der Waals surface area (Å²) in [6.07, 6.45) is 4.93. The quantitative estimate of drug-likeness (QED) is 0.356. The maximum atomic E-state index is 13.2. The fourth-order valence-electron chi connectivity index (χ4n) is 5.09. The molecule has 38 heavy (non-hydrogen) atoms. The van der Waals surface area contributed by atoms with Crippen LogP contribution in [0.4, 0.5) is 26.8 Å². The molecular weight excluding hydrogens is 489 g/mol. The Balaban J connectivity index is 1.08. The van der Waals surface area contributed by atoms with Gasteiger partial charge in [-0.15, -0.1) is 0 Å². The van der Waals surface area contributed by atoms with Gasteiger partial charge in [0.1, 0.15) is 5.82 Å².